The molecule has 0 bridgehead atoms. The van der Waals surface area contributed by atoms with Gasteiger partial charge in [-0.3, -0.25) is 24.6 Å². The molecule has 0 saturated carbocycles. The Morgan fingerprint density at radius 3 is 2.32 bits per heavy atom. The van der Waals surface area contributed by atoms with E-state index in [4.69, 9.17) is 4.74 Å². The minimum Gasteiger partial charge on any atom is -0.497 e. The van der Waals surface area contributed by atoms with Gasteiger partial charge in [0.2, 0.25) is 0 Å². The highest BCUT2D eigenvalue weighted by Crippen LogP contribution is 2.33. The Morgan fingerprint density at radius 1 is 1.07 bits per heavy atom. The average Bonchev–Trinajstić information content (AvgIpc) is 2.92. The first kappa shape index (κ1) is 19.1. The fourth-order valence-corrected chi connectivity index (χ4v) is 2.99. The smallest absolute Gasteiger partial charge is 0.278 e. The van der Waals surface area contributed by atoms with Crippen molar-refractivity contribution in [2.45, 2.75) is 19.9 Å². The lowest BCUT2D eigenvalue weighted by Gasteiger charge is -2.19. The van der Waals surface area contributed by atoms with Crippen LogP contribution < -0.4 is 10.1 Å². The van der Waals surface area contributed by atoms with Gasteiger partial charge >= 0.3 is 0 Å². The second-order valence-corrected chi connectivity index (χ2v) is 6.48. The molecule has 0 fully saturated rings. The highest BCUT2D eigenvalue weighted by atomic mass is 16.6. The minimum atomic E-state index is -0.518. The number of nitrogens with zero attached hydrogens (tertiary/aromatic N) is 2. The van der Waals surface area contributed by atoms with Crippen molar-refractivity contribution in [1.29, 1.82) is 0 Å². The Labute approximate surface area is 161 Å². The summed E-state index contributed by atoms with van der Waals surface area (Å²) in [5.74, 6) is -0.296. The van der Waals surface area contributed by atoms with Crippen LogP contribution in [0.4, 0.5) is 11.4 Å². The van der Waals surface area contributed by atoms with Crippen LogP contribution in [-0.2, 0) is 9.59 Å². The van der Waals surface area contributed by atoms with Crippen LogP contribution in [0, 0.1) is 10.1 Å². The molecule has 144 valence electrons. The number of carbonyl (C=O) groups excluding carboxylic acids is 2. The van der Waals surface area contributed by atoms with Gasteiger partial charge in [-0.25, -0.2) is 0 Å². The zero-order valence-corrected chi connectivity index (χ0v) is 15.6. The number of nitro groups is 1. The number of imide groups is 1. The molecule has 0 aliphatic carbocycles. The molecular formula is C20H19N3O5. The summed E-state index contributed by atoms with van der Waals surface area (Å²) in [7, 11) is 1.53. The molecular weight excluding hydrogens is 362 g/mol. The van der Waals surface area contributed by atoms with E-state index in [-0.39, 0.29) is 23.0 Å². The zero-order valence-electron chi connectivity index (χ0n) is 15.6. The van der Waals surface area contributed by atoms with Crippen LogP contribution in [0.3, 0.4) is 0 Å². The summed E-state index contributed by atoms with van der Waals surface area (Å²) in [5.41, 5.74) is 1.22. The topological polar surface area (TPSA) is 102 Å². The van der Waals surface area contributed by atoms with Crippen LogP contribution in [0.2, 0.25) is 0 Å². The van der Waals surface area contributed by atoms with E-state index in [1.165, 1.54) is 36.3 Å². The number of methoxy groups -OCH3 is 1. The number of ether oxygens (including phenoxy) is 1. The average molecular weight is 381 g/mol. The van der Waals surface area contributed by atoms with Gasteiger partial charge in [0.05, 0.1) is 17.6 Å². The van der Waals surface area contributed by atoms with E-state index in [0.29, 0.717) is 17.0 Å². The number of nitro benzene ring substituents is 1. The monoisotopic (exact) mass is 381 g/mol. The Hall–Kier alpha value is -3.68. The number of nitrogens with one attached hydrogen (secondary N) is 1. The maximum atomic E-state index is 12.9. The van der Waals surface area contributed by atoms with E-state index in [0.717, 1.165) is 0 Å². The number of hydrogen-bond donors (Lipinski definition) is 1. The lowest BCUT2D eigenvalue weighted by molar-refractivity contribution is -0.384. The van der Waals surface area contributed by atoms with Crippen molar-refractivity contribution < 1.29 is 19.2 Å². The predicted molar refractivity (Wildman–Crippen MR) is 104 cm³/mol. The van der Waals surface area contributed by atoms with Gasteiger partial charge in [-0.1, -0.05) is 6.07 Å². The predicted octanol–water partition coefficient (Wildman–Crippen LogP) is 3.20. The van der Waals surface area contributed by atoms with Crippen molar-refractivity contribution in [3.8, 4) is 5.75 Å². The first-order valence-electron chi connectivity index (χ1n) is 8.61. The van der Waals surface area contributed by atoms with Gasteiger partial charge in [0.1, 0.15) is 11.4 Å². The zero-order chi connectivity index (χ0) is 20.4. The number of non-ortho nitro benzene ring substituents is 1. The van der Waals surface area contributed by atoms with Crippen molar-refractivity contribution in [2.75, 3.05) is 12.4 Å². The third-order valence-corrected chi connectivity index (χ3v) is 4.34. The summed E-state index contributed by atoms with van der Waals surface area (Å²) in [6, 6.07) is 12.2. The second kappa shape index (κ2) is 7.51. The van der Waals surface area contributed by atoms with Crippen LogP contribution in [0.25, 0.3) is 5.57 Å². The highest BCUT2D eigenvalue weighted by molar-refractivity contribution is 6.36. The van der Waals surface area contributed by atoms with Crippen molar-refractivity contribution >= 4 is 28.8 Å². The van der Waals surface area contributed by atoms with Gasteiger partial charge < -0.3 is 10.1 Å². The molecule has 2 aromatic rings. The Bertz CT molecular complexity index is 980. The molecule has 3 rings (SSSR count). The van der Waals surface area contributed by atoms with Gasteiger partial charge in [-0.15, -0.1) is 0 Å². The molecule has 0 unspecified atom stereocenters. The molecule has 0 aromatic heterocycles. The van der Waals surface area contributed by atoms with E-state index in [1.54, 1.807) is 38.1 Å². The number of amides is 2. The first-order chi connectivity index (χ1) is 13.3. The van der Waals surface area contributed by atoms with Crippen LogP contribution in [0.5, 0.6) is 5.75 Å². The fourth-order valence-electron chi connectivity index (χ4n) is 2.99. The van der Waals surface area contributed by atoms with E-state index < -0.39 is 16.7 Å². The highest BCUT2D eigenvalue weighted by Gasteiger charge is 2.40. The van der Waals surface area contributed by atoms with E-state index >= 15 is 0 Å². The summed E-state index contributed by atoms with van der Waals surface area (Å²) in [6.45, 7) is 3.50. The summed E-state index contributed by atoms with van der Waals surface area (Å²) < 4.78 is 5.19. The summed E-state index contributed by atoms with van der Waals surface area (Å²) in [5, 5.41) is 13.9. The Kier molecular flexibility index (Phi) is 5.12. The SMILES string of the molecule is COc1cccc(NC2=C(c3ccc([N+](=O)[O-])cc3)C(=O)N(C(C)C)C2=O)c1. The molecule has 2 amide bonds. The van der Waals surface area contributed by atoms with Crippen molar-refractivity contribution in [3.63, 3.8) is 0 Å². The molecule has 1 aliphatic heterocycles. The summed E-state index contributed by atoms with van der Waals surface area (Å²) in [6.07, 6.45) is 0. The molecule has 2 aromatic carbocycles. The number of hydrogen-bond acceptors (Lipinski definition) is 6. The molecule has 1 aliphatic rings. The second-order valence-electron chi connectivity index (χ2n) is 6.48. The number of anilines is 1. The summed E-state index contributed by atoms with van der Waals surface area (Å²) in [4.78, 5) is 37.4. The van der Waals surface area contributed by atoms with Gasteiger partial charge in [-0.05, 0) is 43.7 Å². The van der Waals surface area contributed by atoms with E-state index in [2.05, 4.69) is 5.32 Å². The maximum absolute atomic E-state index is 12.9. The van der Waals surface area contributed by atoms with Crippen LogP contribution in [0.1, 0.15) is 19.4 Å². The Morgan fingerprint density at radius 2 is 1.75 bits per heavy atom. The molecule has 0 spiro atoms. The number of rotatable bonds is 6. The van der Waals surface area contributed by atoms with Crippen LogP contribution >= 0.6 is 0 Å². The number of carbonyl (C=O) groups is 2. The van der Waals surface area contributed by atoms with Gasteiger partial charge in [0.25, 0.3) is 17.5 Å². The molecule has 8 heteroatoms. The molecule has 1 heterocycles. The summed E-state index contributed by atoms with van der Waals surface area (Å²) >= 11 is 0. The number of benzene rings is 2. The van der Waals surface area contributed by atoms with Gasteiger partial charge in [0.15, 0.2) is 0 Å². The molecule has 28 heavy (non-hydrogen) atoms. The van der Waals surface area contributed by atoms with Crippen LogP contribution in [0.15, 0.2) is 54.2 Å². The van der Waals surface area contributed by atoms with Crippen molar-refractivity contribution in [3.05, 3.63) is 69.9 Å². The molecule has 1 N–H and O–H groups in total. The molecule has 0 atom stereocenters. The third kappa shape index (κ3) is 3.44. The van der Waals surface area contributed by atoms with Crippen molar-refractivity contribution in [2.24, 2.45) is 0 Å². The largest absolute Gasteiger partial charge is 0.497 e. The van der Waals surface area contributed by atoms with E-state index in [1.807, 2.05) is 0 Å². The third-order valence-electron chi connectivity index (χ3n) is 4.34. The van der Waals surface area contributed by atoms with Gasteiger partial charge in [0, 0.05) is 29.9 Å². The molecule has 8 nitrogen and oxygen atoms in total. The fraction of sp³-hybridized carbons (Fsp3) is 0.200. The Balaban J connectivity index is 2.08. The first-order valence-corrected chi connectivity index (χ1v) is 8.61. The normalized spacial score (nSPS) is 14.1. The van der Waals surface area contributed by atoms with Crippen molar-refractivity contribution in [1.82, 2.24) is 4.90 Å². The van der Waals surface area contributed by atoms with Crippen LogP contribution in [-0.4, -0.2) is 34.8 Å². The standard InChI is InChI=1S/C20H19N3O5/c1-12(2)22-19(24)17(13-7-9-15(10-8-13)23(26)27)18(20(22)25)21-14-5-4-6-16(11-14)28-3/h4-12,21H,1-3H3. The lowest BCUT2D eigenvalue weighted by atomic mass is 10.0. The lowest BCUT2D eigenvalue weighted by Crippen LogP contribution is -2.38. The molecule has 0 saturated heterocycles. The minimum absolute atomic E-state index is 0.0934. The maximum Gasteiger partial charge on any atom is 0.278 e. The van der Waals surface area contributed by atoms with E-state index in [9.17, 15) is 19.7 Å². The molecule has 0 radical (unpaired) electrons. The van der Waals surface area contributed by atoms with Gasteiger partial charge in [-0.2, -0.15) is 0 Å². The quantitative estimate of drug-likeness (QED) is 0.468.